The Morgan fingerprint density at radius 1 is 1.14 bits per heavy atom. The molecule has 0 aliphatic heterocycles. The molecule has 2 aromatic carbocycles. The normalized spacial score (nSPS) is 10.7. The highest BCUT2D eigenvalue weighted by molar-refractivity contribution is 7.99. The number of aromatic nitrogens is 3. The van der Waals surface area contributed by atoms with Crippen molar-refractivity contribution < 1.29 is 13.6 Å². The molecule has 0 unspecified atom stereocenters. The largest absolute Gasteiger partial charge is 0.325 e. The number of halogens is 2. The predicted octanol–water partition coefficient (Wildman–Crippen LogP) is 3.40. The molecule has 9 heteroatoms. The fourth-order valence-corrected chi connectivity index (χ4v) is 3.09. The molecule has 1 aromatic heterocycles. The summed E-state index contributed by atoms with van der Waals surface area (Å²) < 4.78 is 27.1. The Hall–Kier alpha value is -3.07. The average molecular weight is 402 g/mol. The number of carbonyl (C=O) groups excluding carboxylic acids is 1. The quantitative estimate of drug-likeness (QED) is 0.617. The Kier molecular flexibility index (Phi) is 6.15. The lowest BCUT2D eigenvalue weighted by atomic mass is 10.1. The van der Waals surface area contributed by atoms with Gasteiger partial charge in [0.25, 0.3) is 5.56 Å². The number of amides is 1. The van der Waals surface area contributed by atoms with E-state index in [1.165, 1.54) is 23.9 Å². The number of nitrogens with zero attached hydrogens (tertiary/aromatic N) is 2. The standard InChI is InChI=1S/C19H16F2N4O2S/c1-2-28-19-23-18(27)17(24-25-19)12-7-3-4-9-14(12)22-15(26)10-11-6-5-8-13(20)16(11)21/h3-9H,2,10H2,1H3,(H,22,26)(H,23,25,27). The maximum atomic E-state index is 13.8. The van der Waals surface area contributed by atoms with Crippen LogP contribution in [0.4, 0.5) is 14.5 Å². The number of H-pyrrole nitrogens is 1. The van der Waals surface area contributed by atoms with E-state index in [-0.39, 0.29) is 17.7 Å². The Labute approximate surface area is 163 Å². The summed E-state index contributed by atoms with van der Waals surface area (Å²) in [6.45, 7) is 1.92. The lowest BCUT2D eigenvalue weighted by Crippen LogP contribution is -2.18. The minimum Gasteiger partial charge on any atom is -0.325 e. The van der Waals surface area contributed by atoms with Crippen LogP contribution in [0.2, 0.25) is 0 Å². The van der Waals surface area contributed by atoms with Crippen molar-refractivity contribution in [3.8, 4) is 11.3 Å². The highest BCUT2D eigenvalue weighted by atomic mass is 32.2. The van der Waals surface area contributed by atoms with Crippen molar-refractivity contribution >= 4 is 23.4 Å². The van der Waals surface area contributed by atoms with Crippen LogP contribution in [0.15, 0.2) is 52.4 Å². The van der Waals surface area contributed by atoms with Gasteiger partial charge in [0.15, 0.2) is 22.5 Å². The number of nitrogens with one attached hydrogen (secondary N) is 2. The first-order chi connectivity index (χ1) is 13.5. The molecule has 0 saturated heterocycles. The first-order valence-corrected chi connectivity index (χ1v) is 9.40. The van der Waals surface area contributed by atoms with E-state index in [1.807, 2.05) is 6.92 Å². The summed E-state index contributed by atoms with van der Waals surface area (Å²) >= 11 is 1.35. The number of aromatic amines is 1. The number of rotatable bonds is 6. The second kappa shape index (κ2) is 8.75. The SMILES string of the molecule is CCSc1nnc(-c2ccccc2NC(=O)Cc2cccc(F)c2F)c(=O)[nH]1. The highest BCUT2D eigenvalue weighted by Crippen LogP contribution is 2.24. The number of carbonyl (C=O) groups is 1. The van der Waals surface area contributed by atoms with E-state index in [0.29, 0.717) is 16.4 Å². The molecule has 6 nitrogen and oxygen atoms in total. The van der Waals surface area contributed by atoms with E-state index >= 15 is 0 Å². The molecule has 0 saturated carbocycles. The van der Waals surface area contributed by atoms with Crippen molar-refractivity contribution in [3.63, 3.8) is 0 Å². The highest BCUT2D eigenvalue weighted by Gasteiger charge is 2.16. The fraction of sp³-hybridized carbons (Fsp3) is 0.158. The van der Waals surface area contributed by atoms with E-state index in [1.54, 1.807) is 24.3 Å². The third-order valence-electron chi connectivity index (χ3n) is 3.80. The second-order valence-electron chi connectivity index (χ2n) is 5.72. The third-order valence-corrected chi connectivity index (χ3v) is 4.54. The van der Waals surface area contributed by atoms with Gasteiger partial charge in [0.2, 0.25) is 5.91 Å². The molecule has 28 heavy (non-hydrogen) atoms. The van der Waals surface area contributed by atoms with Gasteiger partial charge in [-0.3, -0.25) is 14.6 Å². The van der Waals surface area contributed by atoms with Gasteiger partial charge in [-0.1, -0.05) is 49.0 Å². The molecule has 0 atom stereocenters. The van der Waals surface area contributed by atoms with Gasteiger partial charge in [-0.25, -0.2) is 8.78 Å². The van der Waals surface area contributed by atoms with Gasteiger partial charge in [0.05, 0.1) is 12.1 Å². The summed E-state index contributed by atoms with van der Waals surface area (Å²) in [5.41, 5.74) is 0.239. The minimum atomic E-state index is -1.06. The molecule has 3 aromatic rings. The van der Waals surface area contributed by atoms with Gasteiger partial charge >= 0.3 is 0 Å². The fourth-order valence-electron chi connectivity index (χ4n) is 2.55. The zero-order chi connectivity index (χ0) is 20.1. The van der Waals surface area contributed by atoms with E-state index in [9.17, 15) is 18.4 Å². The van der Waals surface area contributed by atoms with Crippen LogP contribution in [0.1, 0.15) is 12.5 Å². The molecule has 0 bridgehead atoms. The van der Waals surface area contributed by atoms with Gasteiger partial charge in [-0.2, -0.15) is 0 Å². The Bertz CT molecular complexity index is 1070. The van der Waals surface area contributed by atoms with E-state index in [2.05, 4.69) is 20.5 Å². The molecule has 0 radical (unpaired) electrons. The van der Waals surface area contributed by atoms with Gasteiger partial charge in [0, 0.05) is 11.1 Å². The average Bonchev–Trinajstić information content (AvgIpc) is 2.67. The van der Waals surface area contributed by atoms with Crippen LogP contribution in [0.5, 0.6) is 0 Å². The molecule has 3 rings (SSSR count). The number of hydrogen-bond donors (Lipinski definition) is 2. The van der Waals surface area contributed by atoms with Crippen molar-refractivity contribution in [2.75, 3.05) is 11.1 Å². The van der Waals surface area contributed by atoms with E-state index in [0.717, 1.165) is 11.8 Å². The summed E-state index contributed by atoms with van der Waals surface area (Å²) in [7, 11) is 0. The summed E-state index contributed by atoms with van der Waals surface area (Å²) in [6.07, 6.45) is -0.355. The monoisotopic (exact) mass is 402 g/mol. The van der Waals surface area contributed by atoms with Crippen LogP contribution < -0.4 is 10.9 Å². The summed E-state index contributed by atoms with van der Waals surface area (Å²) in [5, 5.41) is 11.0. The van der Waals surface area contributed by atoms with Gasteiger partial charge in [-0.05, 0) is 17.9 Å². The molecular weight excluding hydrogens is 386 g/mol. The molecule has 0 spiro atoms. The van der Waals surface area contributed by atoms with Crippen molar-refractivity contribution in [2.24, 2.45) is 0 Å². The lowest BCUT2D eigenvalue weighted by molar-refractivity contribution is -0.115. The maximum Gasteiger partial charge on any atom is 0.278 e. The Morgan fingerprint density at radius 3 is 2.68 bits per heavy atom. The van der Waals surface area contributed by atoms with Crippen molar-refractivity contribution in [3.05, 3.63) is 70.0 Å². The van der Waals surface area contributed by atoms with Crippen LogP contribution in [0.3, 0.4) is 0 Å². The molecular formula is C19H16F2N4O2S. The number of para-hydroxylation sites is 1. The molecule has 0 aliphatic rings. The molecule has 0 aliphatic carbocycles. The topological polar surface area (TPSA) is 87.7 Å². The van der Waals surface area contributed by atoms with Crippen LogP contribution in [-0.2, 0) is 11.2 Å². The first kappa shape index (κ1) is 19.7. The molecule has 0 fully saturated rings. The van der Waals surface area contributed by atoms with Crippen LogP contribution >= 0.6 is 11.8 Å². The van der Waals surface area contributed by atoms with Crippen LogP contribution in [0.25, 0.3) is 11.3 Å². The summed E-state index contributed by atoms with van der Waals surface area (Å²) in [6, 6.07) is 10.2. The van der Waals surface area contributed by atoms with Gasteiger partial charge < -0.3 is 5.32 Å². The molecule has 2 N–H and O–H groups in total. The Balaban J connectivity index is 1.86. The lowest BCUT2D eigenvalue weighted by Gasteiger charge is -2.10. The van der Waals surface area contributed by atoms with Crippen molar-refractivity contribution in [1.82, 2.24) is 15.2 Å². The van der Waals surface area contributed by atoms with Crippen molar-refractivity contribution in [2.45, 2.75) is 18.5 Å². The summed E-state index contributed by atoms with van der Waals surface area (Å²) in [4.78, 5) is 27.3. The minimum absolute atomic E-state index is 0.0493. The van der Waals surface area contributed by atoms with E-state index < -0.39 is 23.1 Å². The van der Waals surface area contributed by atoms with Crippen LogP contribution in [-0.4, -0.2) is 26.8 Å². The smallest absolute Gasteiger partial charge is 0.278 e. The molecule has 1 heterocycles. The predicted molar refractivity (Wildman–Crippen MR) is 103 cm³/mol. The maximum absolute atomic E-state index is 13.8. The van der Waals surface area contributed by atoms with Crippen molar-refractivity contribution in [1.29, 1.82) is 0 Å². The zero-order valence-electron chi connectivity index (χ0n) is 14.8. The first-order valence-electron chi connectivity index (χ1n) is 8.41. The van der Waals surface area contributed by atoms with E-state index in [4.69, 9.17) is 0 Å². The Morgan fingerprint density at radius 2 is 1.93 bits per heavy atom. The third kappa shape index (κ3) is 4.42. The van der Waals surface area contributed by atoms with Crippen LogP contribution in [0, 0.1) is 11.6 Å². The number of anilines is 1. The van der Waals surface area contributed by atoms with Gasteiger partial charge in [0.1, 0.15) is 0 Å². The molecule has 1 amide bonds. The number of hydrogen-bond acceptors (Lipinski definition) is 5. The molecule has 144 valence electrons. The zero-order valence-corrected chi connectivity index (χ0v) is 15.6. The number of thioether (sulfide) groups is 1. The van der Waals surface area contributed by atoms with Gasteiger partial charge in [-0.15, -0.1) is 10.2 Å². The second-order valence-corrected chi connectivity index (χ2v) is 6.98. The number of benzene rings is 2. The summed E-state index contributed by atoms with van der Waals surface area (Å²) in [5.74, 6) is -1.90.